The van der Waals surface area contributed by atoms with Gasteiger partial charge in [0.2, 0.25) is 0 Å². The Morgan fingerprint density at radius 3 is 3.17 bits per heavy atom. The van der Waals surface area contributed by atoms with Gasteiger partial charge in [-0.3, -0.25) is 0 Å². The van der Waals surface area contributed by atoms with Crippen molar-refractivity contribution in [3.8, 4) is 0 Å². The average Bonchev–Trinajstić information content (AvgIpc) is 2.65. The fourth-order valence-corrected chi connectivity index (χ4v) is 1.12. The molecule has 0 aliphatic carbocycles. The molecule has 1 aromatic heterocycles. The second kappa shape index (κ2) is 2.81. The first-order valence-corrected chi connectivity index (χ1v) is 3.69. The lowest BCUT2D eigenvalue weighted by Gasteiger charge is -1.95. The molecule has 62 valence electrons. The Morgan fingerprint density at radius 1 is 1.67 bits per heavy atom. The molecule has 1 aliphatic rings. The SMILES string of the molecule is O=C1OCC=C1Cc1cnc[nH]1. The molecule has 0 amide bonds. The first-order chi connectivity index (χ1) is 5.86. The third-order valence-corrected chi connectivity index (χ3v) is 1.74. The molecule has 0 bridgehead atoms. The number of nitrogens with one attached hydrogen (secondary N) is 1. The molecular formula is C8H8N2O2. The minimum atomic E-state index is -0.218. The largest absolute Gasteiger partial charge is 0.458 e. The summed E-state index contributed by atoms with van der Waals surface area (Å²) in [4.78, 5) is 17.8. The molecule has 0 aromatic carbocycles. The molecule has 2 heterocycles. The van der Waals surface area contributed by atoms with Gasteiger partial charge in [-0.1, -0.05) is 0 Å². The van der Waals surface area contributed by atoms with Crippen molar-refractivity contribution in [1.29, 1.82) is 0 Å². The van der Waals surface area contributed by atoms with Crippen molar-refractivity contribution >= 4 is 5.97 Å². The van der Waals surface area contributed by atoms with E-state index < -0.39 is 0 Å². The number of imidazole rings is 1. The Labute approximate surface area is 69.3 Å². The number of H-pyrrole nitrogens is 1. The number of aromatic nitrogens is 2. The van der Waals surface area contributed by atoms with E-state index in [1.165, 1.54) is 0 Å². The predicted octanol–water partition coefficient (Wildman–Crippen LogP) is 0.435. The molecule has 4 nitrogen and oxygen atoms in total. The van der Waals surface area contributed by atoms with E-state index in [1.54, 1.807) is 18.6 Å². The standard InChI is InChI=1S/C8H8N2O2/c11-8-6(1-2-12-8)3-7-4-9-5-10-7/h1,4-5H,2-3H2,(H,9,10). The smallest absolute Gasteiger partial charge is 0.334 e. The van der Waals surface area contributed by atoms with Crippen molar-refractivity contribution in [2.75, 3.05) is 6.61 Å². The maximum atomic E-state index is 11.0. The van der Waals surface area contributed by atoms with E-state index in [-0.39, 0.29) is 5.97 Å². The number of rotatable bonds is 2. The molecule has 0 saturated carbocycles. The number of hydrogen-bond acceptors (Lipinski definition) is 3. The molecule has 0 radical (unpaired) electrons. The fourth-order valence-electron chi connectivity index (χ4n) is 1.12. The van der Waals surface area contributed by atoms with Crippen LogP contribution in [0.25, 0.3) is 0 Å². The Balaban J connectivity index is 2.09. The quantitative estimate of drug-likeness (QED) is 0.645. The molecule has 1 aromatic rings. The van der Waals surface area contributed by atoms with Gasteiger partial charge in [-0.25, -0.2) is 9.78 Å². The van der Waals surface area contributed by atoms with Gasteiger partial charge in [0.1, 0.15) is 6.61 Å². The van der Waals surface area contributed by atoms with Crippen LogP contribution in [0.2, 0.25) is 0 Å². The number of carbonyl (C=O) groups is 1. The van der Waals surface area contributed by atoms with Crippen molar-refractivity contribution in [3.05, 3.63) is 29.9 Å². The Kier molecular flexibility index (Phi) is 1.66. The summed E-state index contributed by atoms with van der Waals surface area (Å²) in [6, 6.07) is 0. The second-order valence-corrected chi connectivity index (χ2v) is 2.58. The van der Waals surface area contributed by atoms with Crippen LogP contribution in [0.3, 0.4) is 0 Å². The van der Waals surface area contributed by atoms with Gasteiger partial charge in [0.15, 0.2) is 0 Å². The summed E-state index contributed by atoms with van der Waals surface area (Å²) in [5, 5.41) is 0. The minimum Gasteiger partial charge on any atom is -0.458 e. The number of hydrogen-bond donors (Lipinski definition) is 1. The highest BCUT2D eigenvalue weighted by molar-refractivity contribution is 5.90. The Morgan fingerprint density at radius 2 is 2.58 bits per heavy atom. The third kappa shape index (κ3) is 1.23. The number of carbonyl (C=O) groups excluding carboxylic acids is 1. The summed E-state index contributed by atoms with van der Waals surface area (Å²) in [5.74, 6) is -0.218. The van der Waals surface area contributed by atoms with Gasteiger partial charge in [-0.05, 0) is 6.08 Å². The highest BCUT2D eigenvalue weighted by Gasteiger charge is 2.16. The molecule has 0 unspecified atom stereocenters. The molecular weight excluding hydrogens is 156 g/mol. The molecule has 1 aliphatic heterocycles. The van der Waals surface area contributed by atoms with Crippen molar-refractivity contribution in [2.24, 2.45) is 0 Å². The second-order valence-electron chi connectivity index (χ2n) is 2.58. The van der Waals surface area contributed by atoms with Crippen LogP contribution in [-0.4, -0.2) is 22.5 Å². The van der Waals surface area contributed by atoms with E-state index in [9.17, 15) is 4.79 Å². The molecule has 0 atom stereocenters. The molecule has 0 saturated heterocycles. The van der Waals surface area contributed by atoms with Crippen molar-refractivity contribution in [2.45, 2.75) is 6.42 Å². The van der Waals surface area contributed by atoms with Crippen LogP contribution >= 0.6 is 0 Å². The van der Waals surface area contributed by atoms with Crippen molar-refractivity contribution < 1.29 is 9.53 Å². The van der Waals surface area contributed by atoms with Gasteiger partial charge in [-0.15, -0.1) is 0 Å². The van der Waals surface area contributed by atoms with E-state index in [2.05, 4.69) is 9.97 Å². The molecule has 1 N–H and O–H groups in total. The minimum absolute atomic E-state index is 0.218. The summed E-state index contributed by atoms with van der Waals surface area (Å²) < 4.78 is 4.75. The average molecular weight is 164 g/mol. The van der Waals surface area contributed by atoms with E-state index in [0.29, 0.717) is 18.6 Å². The van der Waals surface area contributed by atoms with E-state index in [0.717, 1.165) is 5.69 Å². The van der Waals surface area contributed by atoms with E-state index in [1.807, 2.05) is 0 Å². The van der Waals surface area contributed by atoms with Crippen LogP contribution in [-0.2, 0) is 16.0 Å². The summed E-state index contributed by atoms with van der Waals surface area (Å²) in [5.41, 5.74) is 1.64. The van der Waals surface area contributed by atoms with Gasteiger partial charge in [0.25, 0.3) is 0 Å². The van der Waals surface area contributed by atoms with Gasteiger partial charge in [0, 0.05) is 23.9 Å². The maximum absolute atomic E-state index is 11.0. The van der Waals surface area contributed by atoms with Gasteiger partial charge < -0.3 is 9.72 Å². The summed E-state index contributed by atoms with van der Waals surface area (Å²) in [7, 11) is 0. The van der Waals surface area contributed by atoms with Gasteiger partial charge in [0.05, 0.1) is 6.33 Å². The lowest BCUT2D eigenvalue weighted by atomic mass is 10.1. The number of cyclic esters (lactones) is 1. The van der Waals surface area contributed by atoms with Gasteiger partial charge >= 0.3 is 5.97 Å². The zero-order chi connectivity index (χ0) is 8.39. The first-order valence-electron chi connectivity index (χ1n) is 3.69. The molecule has 12 heavy (non-hydrogen) atoms. The van der Waals surface area contributed by atoms with Crippen LogP contribution in [0.5, 0.6) is 0 Å². The van der Waals surface area contributed by atoms with Crippen LogP contribution in [0, 0.1) is 0 Å². The molecule has 0 fully saturated rings. The highest BCUT2D eigenvalue weighted by Crippen LogP contribution is 2.11. The first kappa shape index (κ1) is 7.09. The lowest BCUT2D eigenvalue weighted by molar-refractivity contribution is -0.136. The van der Waals surface area contributed by atoms with Crippen molar-refractivity contribution in [1.82, 2.24) is 9.97 Å². The van der Waals surface area contributed by atoms with Crippen LogP contribution in [0.15, 0.2) is 24.2 Å². The number of aromatic amines is 1. The van der Waals surface area contributed by atoms with Crippen LogP contribution in [0.1, 0.15) is 5.69 Å². The monoisotopic (exact) mass is 164 g/mol. The summed E-state index contributed by atoms with van der Waals surface area (Å²) in [6.07, 6.45) is 5.67. The molecule has 0 spiro atoms. The van der Waals surface area contributed by atoms with Crippen LogP contribution < -0.4 is 0 Å². The zero-order valence-electron chi connectivity index (χ0n) is 6.41. The summed E-state index contributed by atoms with van der Waals surface area (Å²) >= 11 is 0. The Hall–Kier alpha value is -1.58. The van der Waals surface area contributed by atoms with E-state index in [4.69, 9.17) is 4.74 Å². The van der Waals surface area contributed by atoms with E-state index >= 15 is 0 Å². The predicted molar refractivity (Wildman–Crippen MR) is 41.3 cm³/mol. The topological polar surface area (TPSA) is 55.0 Å². The maximum Gasteiger partial charge on any atom is 0.334 e. The van der Waals surface area contributed by atoms with Crippen LogP contribution in [0.4, 0.5) is 0 Å². The zero-order valence-corrected chi connectivity index (χ0v) is 6.41. The lowest BCUT2D eigenvalue weighted by Crippen LogP contribution is -2.02. The number of nitrogens with zero attached hydrogens (tertiary/aromatic N) is 1. The number of esters is 1. The normalized spacial score (nSPS) is 16.0. The van der Waals surface area contributed by atoms with Gasteiger partial charge in [-0.2, -0.15) is 0 Å². The van der Waals surface area contributed by atoms with Crippen molar-refractivity contribution in [3.63, 3.8) is 0 Å². The summed E-state index contributed by atoms with van der Waals surface area (Å²) in [6.45, 7) is 0.405. The fraction of sp³-hybridized carbons (Fsp3) is 0.250. The Bertz CT molecular complexity index is 314. The third-order valence-electron chi connectivity index (χ3n) is 1.74. The molecule has 4 heteroatoms. The highest BCUT2D eigenvalue weighted by atomic mass is 16.5. The molecule has 2 rings (SSSR count). The number of ether oxygens (including phenoxy) is 1.